The molecule has 0 radical (unpaired) electrons. The van der Waals surface area contributed by atoms with E-state index < -0.39 is 11.6 Å². The third kappa shape index (κ3) is 3.77. The zero-order chi connectivity index (χ0) is 22.3. The Bertz CT molecular complexity index is 1020. The molecule has 2 amide bonds. The fourth-order valence-corrected chi connectivity index (χ4v) is 4.51. The Labute approximate surface area is 180 Å². The second-order valence-electron chi connectivity index (χ2n) is 8.23. The van der Waals surface area contributed by atoms with Gasteiger partial charge < -0.3 is 14.5 Å². The molecule has 0 bridgehead atoms. The van der Waals surface area contributed by atoms with Gasteiger partial charge in [0, 0.05) is 31.1 Å². The summed E-state index contributed by atoms with van der Waals surface area (Å²) >= 11 is 0. The Hall–Kier alpha value is -2.96. The van der Waals surface area contributed by atoms with Crippen LogP contribution in [-0.2, 0) is 4.79 Å². The molecule has 2 atom stereocenters. The molecule has 2 aliphatic rings. The molecule has 5 nitrogen and oxygen atoms in total. The van der Waals surface area contributed by atoms with Crippen molar-refractivity contribution >= 4 is 11.8 Å². The maximum atomic E-state index is 14.3. The van der Waals surface area contributed by atoms with Crippen LogP contribution in [0.15, 0.2) is 36.4 Å². The number of fused-ring (bicyclic) bond motifs is 2. The summed E-state index contributed by atoms with van der Waals surface area (Å²) in [5, 5.41) is 0. The van der Waals surface area contributed by atoms with E-state index in [1.54, 1.807) is 35.0 Å². The van der Waals surface area contributed by atoms with Gasteiger partial charge in [0.05, 0.1) is 18.2 Å². The molecule has 0 N–H and O–H groups in total. The van der Waals surface area contributed by atoms with Crippen molar-refractivity contribution in [2.75, 3.05) is 20.1 Å². The number of carbonyl (C=O) groups excluding carboxylic acids is 2. The molecule has 0 unspecified atom stereocenters. The molecule has 0 aliphatic carbocycles. The first-order chi connectivity index (χ1) is 14.8. The molecular formula is C24H26F2N2O3. The normalized spacial score (nSPS) is 20.4. The first kappa shape index (κ1) is 21.3. The Morgan fingerprint density at radius 3 is 2.48 bits per heavy atom. The summed E-state index contributed by atoms with van der Waals surface area (Å²) in [6.07, 6.45) is 1.17. The molecule has 7 heteroatoms. The fraction of sp³-hybridized carbons (Fsp3) is 0.417. The zero-order valence-electron chi connectivity index (χ0n) is 17.9. The lowest BCUT2D eigenvalue weighted by Gasteiger charge is -2.25. The third-order valence-corrected chi connectivity index (χ3v) is 6.43. The first-order valence-corrected chi connectivity index (χ1v) is 10.7. The summed E-state index contributed by atoms with van der Waals surface area (Å²) in [5.41, 5.74) is 1.11. The summed E-state index contributed by atoms with van der Waals surface area (Å²) in [6, 6.07) is 7.99. The van der Waals surface area contributed by atoms with E-state index in [2.05, 4.69) is 0 Å². The molecule has 1 fully saturated rings. The minimum absolute atomic E-state index is 0.0383. The van der Waals surface area contributed by atoms with Gasteiger partial charge in [0.2, 0.25) is 5.91 Å². The molecule has 0 aromatic heterocycles. The van der Waals surface area contributed by atoms with Crippen LogP contribution in [0.5, 0.6) is 5.75 Å². The highest BCUT2D eigenvalue weighted by Gasteiger charge is 2.44. The van der Waals surface area contributed by atoms with Crippen molar-refractivity contribution in [2.24, 2.45) is 5.92 Å². The number of hydrogen-bond acceptors (Lipinski definition) is 3. The van der Waals surface area contributed by atoms with Crippen LogP contribution in [0, 0.1) is 17.6 Å². The lowest BCUT2D eigenvalue weighted by atomic mass is 10.0. The Morgan fingerprint density at radius 2 is 1.81 bits per heavy atom. The average Bonchev–Trinajstić information content (AvgIpc) is 3.13. The SMILES string of the molecule is CCC(CC)C(=O)N1C[C@@H]2Oc3cc(-c4ccc(F)cc4F)ccc3C(=O)N(C)[C@@H]2C1. The molecule has 4 rings (SSSR count). The Balaban J connectivity index is 1.66. The van der Waals surface area contributed by atoms with Crippen LogP contribution in [0.4, 0.5) is 8.78 Å². The van der Waals surface area contributed by atoms with Crippen molar-refractivity contribution in [2.45, 2.75) is 38.8 Å². The summed E-state index contributed by atoms with van der Waals surface area (Å²) in [4.78, 5) is 29.4. The second-order valence-corrected chi connectivity index (χ2v) is 8.23. The summed E-state index contributed by atoms with van der Waals surface area (Å²) in [7, 11) is 1.72. The number of likely N-dealkylation sites (N-methyl/N-ethyl adjacent to an activating group) is 1. The van der Waals surface area contributed by atoms with Crippen LogP contribution in [0.3, 0.4) is 0 Å². The highest BCUT2D eigenvalue weighted by molar-refractivity contribution is 5.98. The minimum atomic E-state index is -0.683. The van der Waals surface area contributed by atoms with Crippen molar-refractivity contribution in [3.8, 4) is 16.9 Å². The van der Waals surface area contributed by atoms with Gasteiger partial charge in [-0.15, -0.1) is 0 Å². The van der Waals surface area contributed by atoms with E-state index in [1.807, 2.05) is 13.8 Å². The molecule has 31 heavy (non-hydrogen) atoms. The third-order valence-electron chi connectivity index (χ3n) is 6.43. The number of nitrogens with zero attached hydrogens (tertiary/aromatic N) is 2. The van der Waals surface area contributed by atoms with E-state index in [1.165, 1.54) is 12.1 Å². The number of halogens is 2. The molecular weight excluding hydrogens is 402 g/mol. The van der Waals surface area contributed by atoms with E-state index in [4.69, 9.17) is 4.74 Å². The van der Waals surface area contributed by atoms with Gasteiger partial charge in [-0.25, -0.2) is 8.78 Å². The van der Waals surface area contributed by atoms with Crippen LogP contribution >= 0.6 is 0 Å². The first-order valence-electron chi connectivity index (χ1n) is 10.7. The van der Waals surface area contributed by atoms with E-state index >= 15 is 0 Å². The van der Waals surface area contributed by atoms with Gasteiger partial charge >= 0.3 is 0 Å². The van der Waals surface area contributed by atoms with Crippen molar-refractivity contribution in [1.82, 2.24) is 9.80 Å². The number of amides is 2. The van der Waals surface area contributed by atoms with Gasteiger partial charge in [0.25, 0.3) is 5.91 Å². The summed E-state index contributed by atoms with van der Waals surface area (Å²) in [5.74, 6) is -1.14. The maximum absolute atomic E-state index is 14.3. The van der Waals surface area contributed by atoms with Crippen molar-refractivity contribution in [3.63, 3.8) is 0 Å². The smallest absolute Gasteiger partial charge is 0.257 e. The lowest BCUT2D eigenvalue weighted by molar-refractivity contribution is -0.135. The molecule has 2 aliphatic heterocycles. The number of hydrogen-bond donors (Lipinski definition) is 0. The van der Waals surface area contributed by atoms with Crippen LogP contribution in [0.1, 0.15) is 37.0 Å². The summed E-state index contributed by atoms with van der Waals surface area (Å²) in [6.45, 7) is 4.82. The van der Waals surface area contributed by atoms with Crippen LogP contribution in [-0.4, -0.2) is 53.9 Å². The lowest BCUT2D eigenvalue weighted by Crippen LogP contribution is -2.44. The average molecular weight is 428 g/mol. The van der Waals surface area contributed by atoms with Gasteiger partial charge in [0.1, 0.15) is 23.5 Å². The Morgan fingerprint density at radius 1 is 1.10 bits per heavy atom. The Kier molecular flexibility index (Phi) is 5.69. The van der Waals surface area contributed by atoms with Gasteiger partial charge in [-0.05, 0) is 42.7 Å². The predicted molar refractivity (Wildman–Crippen MR) is 113 cm³/mol. The number of carbonyl (C=O) groups is 2. The quantitative estimate of drug-likeness (QED) is 0.736. The topological polar surface area (TPSA) is 49.9 Å². The largest absolute Gasteiger partial charge is 0.485 e. The molecule has 1 saturated heterocycles. The monoisotopic (exact) mass is 428 g/mol. The van der Waals surface area contributed by atoms with Crippen LogP contribution in [0.2, 0.25) is 0 Å². The van der Waals surface area contributed by atoms with Crippen molar-refractivity contribution in [1.29, 1.82) is 0 Å². The van der Waals surface area contributed by atoms with Crippen molar-refractivity contribution in [3.05, 3.63) is 53.6 Å². The molecule has 2 aromatic rings. The van der Waals surface area contributed by atoms with Gasteiger partial charge in [-0.1, -0.05) is 19.9 Å². The number of ether oxygens (including phenoxy) is 1. The van der Waals surface area contributed by atoms with Crippen LogP contribution < -0.4 is 4.74 Å². The molecule has 2 heterocycles. The molecule has 164 valence electrons. The van der Waals surface area contributed by atoms with Gasteiger partial charge in [-0.3, -0.25) is 9.59 Å². The van der Waals surface area contributed by atoms with E-state index in [9.17, 15) is 18.4 Å². The van der Waals surface area contributed by atoms with E-state index in [0.717, 1.165) is 18.9 Å². The minimum Gasteiger partial charge on any atom is -0.485 e. The molecule has 0 spiro atoms. The number of rotatable bonds is 4. The highest BCUT2D eigenvalue weighted by Crippen LogP contribution is 2.35. The summed E-state index contributed by atoms with van der Waals surface area (Å²) < 4.78 is 33.8. The maximum Gasteiger partial charge on any atom is 0.257 e. The second kappa shape index (κ2) is 8.29. The fourth-order valence-electron chi connectivity index (χ4n) is 4.51. The highest BCUT2D eigenvalue weighted by atomic mass is 19.1. The predicted octanol–water partition coefficient (Wildman–Crippen LogP) is 4.11. The van der Waals surface area contributed by atoms with Gasteiger partial charge in [-0.2, -0.15) is 0 Å². The molecule has 0 saturated carbocycles. The number of likely N-dealkylation sites (tertiary alicyclic amines) is 1. The standard InChI is InChI=1S/C24H26F2N2O3/c1-4-14(5-2)23(29)28-12-20-22(13-28)31-21-10-15(6-8-18(21)24(30)27(20)3)17-9-7-16(25)11-19(17)26/h6-11,14,20,22H,4-5,12-13H2,1-3H3/t20-,22+/m1/s1. The zero-order valence-corrected chi connectivity index (χ0v) is 17.9. The van der Waals surface area contributed by atoms with E-state index in [0.29, 0.717) is 30.0 Å². The van der Waals surface area contributed by atoms with Crippen LogP contribution in [0.25, 0.3) is 11.1 Å². The van der Waals surface area contributed by atoms with E-state index in [-0.39, 0.29) is 35.4 Å². The number of benzene rings is 2. The molecule has 2 aromatic carbocycles. The van der Waals surface area contributed by atoms with Gasteiger partial charge in [0.15, 0.2) is 0 Å². The van der Waals surface area contributed by atoms with Crippen molar-refractivity contribution < 1.29 is 23.1 Å².